The van der Waals surface area contributed by atoms with Crippen molar-refractivity contribution in [1.82, 2.24) is 4.98 Å². The third-order valence-corrected chi connectivity index (χ3v) is 13.6. The van der Waals surface area contributed by atoms with Crippen LogP contribution in [0.25, 0.3) is 10.6 Å². The summed E-state index contributed by atoms with van der Waals surface area (Å²) < 4.78 is 0. The monoisotopic (exact) mass is 797 g/mol. The first-order chi connectivity index (χ1) is 27.3. The average Bonchev–Trinajstić information content (AvgIpc) is 3.57. The molecule has 0 atom stereocenters. The van der Waals surface area contributed by atoms with E-state index < -0.39 is 0 Å². The Hall–Kier alpha value is -4.61. The van der Waals surface area contributed by atoms with Crippen molar-refractivity contribution in [3.8, 4) is 10.6 Å². The van der Waals surface area contributed by atoms with Crippen LogP contribution in [0, 0.1) is 6.92 Å². The molecular weight excluding hydrogens is 733 g/mol. The highest BCUT2D eigenvalue weighted by molar-refractivity contribution is 7.22. The number of anilines is 6. The molecule has 0 bridgehead atoms. The zero-order chi connectivity index (χ0) is 42.8. The maximum absolute atomic E-state index is 5.77. The lowest BCUT2D eigenvalue weighted by Gasteiger charge is -2.43. The SMILES string of the molecule is Cc1cc2c3c(c1)N(c1cc(C(C)(C)C)cc(C(C)(C)C)c1)c1sc(-c4ccc(C(C)(C)C)cc4)nc1B3c1cc(C(C)(C)C)ccc1N2c1ccc(C(C)(C)C)cc1. The van der Waals surface area contributed by atoms with E-state index in [4.69, 9.17) is 4.98 Å². The topological polar surface area (TPSA) is 19.4 Å². The maximum atomic E-state index is 5.77. The fourth-order valence-electron chi connectivity index (χ4n) is 8.72. The Morgan fingerprint density at radius 2 is 0.932 bits per heavy atom. The molecule has 2 aliphatic heterocycles. The molecule has 0 aliphatic carbocycles. The van der Waals surface area contributed by atoms with E-state index in [1.807, 2.05) is 11.3 Å². The van der Waals surface area contributed by atoms with Gasteiger partial charge in [0, 0.05) is 34.0 Å². The van der Waals surface area contributed by atoms with Crippen molar-refractivity contribution in [2.24, 2.45) is 0 Å². The molecule has 6 aromatic rings. The van der Waals surface area contributed by atoms with Crippen LogP contribution in [-0.2, 0) is 27.1 Å². The standard InChI is InChI=1S/C54H64BN3S/c1-33-27-44-46-45(28-33)58(41-30-38(53(11,12)13)29-39(31-41)54(14,15)16)49-47(56-48(59-49)34-17-19-35(20-18-34)50(2,3)4)55(46)42-32-37(52(8,9)10)23-26-43(42)57(44)40-24-21-36(22-25-40)51(5,6)7/h17-32H,1-16H3. The van der Waals surface area contributed by atoms with E-state index in [1.54, 1.807) is 0 Å². The molecule has 0 spiro atoms. The molecule has 0 N–H and O–H groups in total. The van der Waals surface area contributed by atoms with Gasteiger partial charge in [-0.15, -0.1) is 0 Å². The third kappa shape index (κ3) is 7.36. The Balaban J connectivity index is 1.47. The van der Waals surface area contributed by atoms with Crippen molar-refractivity contribution in [1.29, 1.82) is 0 Å². The van der Waals surface area contributed by atoms with E-state index >= 15 is 0 Å². The van der Waals surface area contributed by atoms with Gasteiger partial charge >= 0.3 is 0 Å². The van der Waals surface area contributed by atoms with Crippen LogP contribution in [0.4, 0.5) is 33.4 Å². The highest BCUT2D eigenvalue weighted by atomic mass is 32.1. The molecule has 0 saturated carbocycles. The molecule has 59 heavy (non-hydrogen) atoms. The molecule has 0 saturated heterocycles. The second-order valence-corrected chi connectivity index (χ2v) is 23.4. The molecule has 0 fully saturated rings. The average molecular weight is 798 g/mol. The molecule has 2 aliphatic rings. The van der Waals surface area contributed by atoms with Gasteiger partial charge in [0.05, 0.1) is 5.59 Å². The highest BCUT2D eigenvalue weighted by Gasteiger charge is 2.46. The lowest BCUT2D eigenvalue weighted by Crippen LogP contribution is -2.61. The van der Waals surface area contributed by atoms with E-state index in [0.717, 1.165) is 16.2 Å². The van der Waals surface area contributed by atoms with Crippen molar-refractivity contribution in [3.05, 3.63) is 130 Å². The summed E-state index contributed by atoms with van der Waals surface area (Å²) in [4.78, 5) is 10.9. The lowest BCUT2D eigenvalue weighted by molar-refractivity contribution is 0.569. The quantitative estimate of drug-likeness (QED) is 0.166. The maximum Gasteiger partial charge on any atom is 0.276 e. The van der Waals surface area contributed by atoms with Crippen LogP contribution < -0.4 is 26.3 Å². The molecule has 5 heteroatoms. The molecule has 0 radical (unpaired) electrons. The molecule has 8 rings (SSSR count). The smallest absolute Gasteiger partial charge is 0.276 e. The molecule has 0 amide bonds. The van der Waals surface area contributed by atoms with Gasteiger partial charge < -0.3 is 9.80 Å². The molecule has 0 unspecified atom stereocenters. The molecular formula is C54H64BN3S. The third-order valence-electron chi connectivity index (χ3n) is 12.5. The zero-order valence-corrected chi connectivity index (χ0v) is 39.4. The van der Waals surface area contributed by atoms with Crippen LogP contribution in [-0.4, -0.2) is 11.7 Å². The number of benzene rings is 5. The first-order valence-corrected chi connectivity index (χ1v) is 22.4. The van der Waals surface area contributed by atoms with Gasteiger partial charge in [0.1, 0.15) is 10.0 Å². The number of rotatable bonds is 3. The summed E-state index contributed by atoms with van der Waals surface area (Å²) in [5.74, 6) is 0. The van der Waals surface area contributed by atoms with E-state index in [2.05, 4.69) is 218 Å². The minimum atomic E-state index is -0.0408. The van der Waals surface area contributed by atoms with Gasteiger partial charge in [0.2, 0.25) is 0 Å². The molecule has 3 heterocycles. The van der Waals surface area contributed by atoms with E-state index in [9.17, 15) is 0 Å². The van der Waals surface area contributed by atoms with Crippen molar-refractivity contribution < 1.29 is 0 Å². The largest absolute Gasteiger partial charge is 0.311 e. The predicted octanol–water partition coefficient (Wildman–Crippen LogP) is 13.7. The van der Waals surface area contributed by atoms with Gasteiger partial charge in [0.15, 0.2) is 0 Å². The van der Waals surface area contributed by atoms with Crippen LogP contribution in [0.2, 0.25) is 0 Å². The van der Waals surface area contributed by atoms with Gasteiger partial charge in [-0.1, -0.05) is 170 Å². The normalized spacial score (nSPS) is 14.3. The lowest BCUT2D eigenvalue weighted by atomic mass is 9.35. The van der Waals surface area contributed by atoms with Crippen molar-refractivity contribution in [2.75, 3.05) is 9.80 Å². The minimum Gasteiger partial charge on any atom is -0.311 e. The Bertz CT molecular complexity index is 2540. The summed E-state index contributed by atoms with van der Waals surface area (Å²) in [5, 5.41) is 2.26. The van der Waals surface area contributed by atoms with Gasteiger partial charge in [-0.3, -0.25) is 0 Å². The second-order valence-electron chi connectivity index (χ2n) is 22.4. The number of fused-ring (bicyclic) bond motifs is 4. The fourth-order valence-corrected chi connectivity index (χ4v) is 9.86. The van der Waals surface area contributed by atoms with Gasteiger partial charge in [-0.25, -0.2) is 4.98 Å². The Morgan fingerprint density at radius 3 is 1.44 bits per heavy atom. The number of hydrogen-bond donors (Lipinski definition) is 0. The Morgan fingerprint density at radius 1 is 0.458 bits per heavy atom. The molecule has 3 nitrogen and oxygen atoms in total. The van der Waals surface area contributed by atoms with Crippen molar-refractivity contribution in [2.45, 2.75) is 138 Å². The van der Waals surface area contributed by atoms with E-state index in [-0.39, 0.29) is 33.8 Å². The number of aryl methyl sites for hydroxylation is 1. The summed E-state index contributed by atoms with van der Waals surface area (Å²) >= 11 is 1.84. The number of hydrogen-bond acceptors (Lipinski definition) is 4. The van der Waals surface area contributed by atoms with Crippen LogP contribution >= 0.6 is 11.3 Å². The second kappa shape index (κ2) is 13.7. The fraction of sp³-hybridized carbons (Fsp3) is 0.389. The minimum absolute atomic E-state index is 0.0209. The summed E-state index contributed by atoms with van der Waals surface area (Å²) in [5.41, 5.74) is 19.0. The summed E-state index contributed by atoms with van der Waals surface area (Å²) in [7, 11) is 0. The van der Waals surface area contributed by atoms with Gasteiger partial charge in [0.25, 0.3) is 6.71 Å². The number of nitrogens with zero attached hydrogens (tertiary/aromatic N) is 3. The molecule has 1 aromatic heterocycles. The van der Waals surface area contributed by atoms with Crippen LogP contribution in [0.1, 0.15) is 137 Å². The van der Waals surface area contributed by atoms with Crippen LogP contribution in [0.5, 0.6) is 0 Å². The highest BCUT2D eigenvalue weighted by Crippen LogP contribution is 2.49. The molecule has 304 valence electrons. The first-order valence-electron chi connectivity index (χ1n) is 21.6. The van der Waals surface area contributed by atoms with Crippen LogP contribution in [0.3, 0.4) is 0 Å². The Labute approximate surface area is 360 Å². The number of thiazole rings is 1. The van der Waals surface area contributed by atoms with Crippen molar-refractivity contribution in [3.63, 3.8) is 0 Å². The summed E-state index contributed by atoms with van der Waals surface area (Å²) in [6.45, 7) is 37.0. The van der Waals surface area contributed by atoms with E-state index in [1.165, 1.54) is 77.7 Å². The zero-order valence-electron chi connectivity index (χ0n) is 38.6. The predicted molar refractivity (Wildman–Crippen MR) is 260 cm³/mol. The van der Waals surface area contributed by atoms with Gasteiger partial charge in [-0.05, 0) is 121 Å². The van der Waals surface area contributed by atoms with Crippen molar-refractivity contribution >= 4 is 68.0 Å². The Kier molecular flexibility index (Phi) is 9.56. The summed E-state index contributed by atoms with van der Waals surface area (Å²) in [6, 6.07) is 37.9. The molecule has 5 aromatic carbocycles. The summed E-state index contributed by atoms with van der Waals surface area (Å²) in [6.07, 6.45) is 0. The number of aromatic nitrogens is 1. The van der Waals surface area contributed by atoms with Gasteiger partial charge in [-0.2, -0.15) is 0 Å². The van der Waals surface area contributed by atoms with Crippen LogP contribution in [0.15, 0.2) is 97.1 Å². The van der Waals surface area contributed by atoms with E-state index in [0.29, 0.717) is 0 Å². The first kappa shape index (κ1) is 41.1.